The average Bonchev–Trinajstić information content (AvgIpc) is 2.49. The van der Waals surface area contributed by atoms with Gasteiger partial charge in [0.25, 0.3) is 0 Å². The number of benzene rings is 2. The molecule has 0 radical (unpaired) electrons. The highest BCUT2D eigenvalue weighted by atomic mass is 35.5. The molecule has 2 aromatic rings. The molecule has 0 heterocycles. The van der Waals surface area contributed by atoms with Crippen molar-refractivity contribution in [1.82, 2.24) is 5.32 Å². The highest BCUT2D eigenvalue weighted by Gasteiger charge is 2.08. The van der Waals surface area contributed by atoms with Crippen molar-refractivity contribution in [3.8, 4) is 11.5 Å². The molecular weight excluding hydrogens is 286 g/mol. The standard InChI is InChI=1S/C17H21NO2.ClH/c1-13-7-9-14(10-8-13)11-18-12-15-5-4-6-16(19-2)17(15)20-3;/h4-10,18H,11-12H2,1-3H3;1H. The first kappa shape index (κ1) is 17.3. The van der Waals surface area contributed by atoms with Gasteiger partial charge in [-0.2, -0.15) is 0 Å². The van der Waals surface area contributed by atoms with Crippen molar-refractivity contribution in [3.63, 3.8) is 0 Å². The Bertz CT molecular complexity index is 555. The SMILES string of the molecule is COc1cccc(CNCc2ccc(C)cc2)c1OC.Cl. The van der Waals surface area contributed by atoms with E-state index in [0.29, 0.717) is 0 Å². The van der Waals surface area contributed by atoms with Gasteiger partial charge in [-0.15, -0.1) is 12.4 Å². The lowest BCUT2D eigenvalue weighted by Crippen LogP contribution is -2.13. The molecule has 0 aromatic heterocycles. The maximum Gasteiger partial charge on any atom is 0.165 e. The number of aryl methyl sites for hydroxylation is 1. The number of hydrogen-bond acceptors (Lipinski definition) is 3. The third-order valence-corrected chi connectivity index (χ3v) is 3.25. The lowest BCUT2D eigenvalue weighted by molar-refractivity contribution is 0.350. The molecule has 0 spiro atoms. The lowest BCUT2D eigenvalue weighted by atomic mass is 10.1. The van der Waals surface area contributed by atoms with Gasteiger partial charge in [0.05, 0.1) is 14.2 Å². The molecule has 0 aliphatic rings. The Morgan fingerprint density at radius 3 is 2.24 bits per heavy atom. The molecule has 0 unspecified atom stereocenters. The molecule has 1 N–H and O–H groups in total. The Labute approximate surface area is 132 Å². The van der Waals surface area contributed by atoms with Crippen LogP contribution in [0.4, 0.5) is 0 Å². The first-order chi connectivity index (χ1) is 9.74. The summed E-state index contributed by atoms with van der Waals surface area (Å²) >= 11 is 0. The number of nitrogens with one attached hydrogen (secondary N) is 1. The fourth-order valence-corrected chi connectivity index (χ4v) is 2.14. The largest absolute Gasteiger partial charge is 0.493 e. The summed E-state index contributed by atoms with van der Waals surface area (Å²) in [5.41, 5.74) is 3.65. The third kappa shape index (κ3) is 4.66. The van der Waals surface area contributed by atoms with Crippen molar-refractivity contribution in [1.29, 1.82) is 0 Å². The van der Waals surface area contributed by atoms with E-state index in [1.165, 1.54) is 11.1 Å². The van der Waals surface area contributed by atoms with E-state index in [1.807, 2.05) is 18.2 Å². The van der Waals surface area contributed by atoms with Crippen LogP contribution < -0.4 is 14.8 Å². The number of hydrogen-bond donors (Lipinski definition) is 1. The van der Waals surface area contributed by atoms with Gasteiger partial charge in [0.15, 0.2) is 11.5 Å². The summed E-state index contributed by atoms with van der Waals surface area (Å²) in [4.78, 5) is 0. The van der Waals surface area contributed by atoms with Crippen LogP contribution in [0.15, 0.2) is 42.5 Å². The Balaban J connectivity index is 0.00000220. The van der Waals surface area contributed by atoms with E-state index in [9.17, 15) is 0 Å². The summed E-state index contributed by atoms with van der Waals surface area (Å²) in [5, 5.41) is 3.43. The van der Waals surface area contributed by atoms with Crippen molar-refractivity contribution < 1.29 is 9.47 Å². The first-order valence-electron chi connectivity index (χ1n) is 6.70. The molecule has 0 saturated carbocycles. The van der Waals surface area contributed by atoms with Gasteiger partial charge in [0.1, 0.15) is 0 Å². The summed E-state index contributed by atoms with van der Waals surface area (Å²) in [6.45, 7) is 3.67. The van der Waals surface area contributed by atoms with Gasteiger partial charge in [-0.25, -0.2) is 0 Å². The fourth-order valence-electron chi connectivity index (χ4n) is 2.14. The molecule has 0 amide bonds. The number of methoxy groups -OCH3 is 2. The smallest absolute Gasteiger partial charge is 0.165 e. The number of halogens is 1. The molecule has 0 bridgehead atoms. The molecule has 4 heteroatoms. The molecule has 2 rings (SSSR count). The van der Waals surface area contributed by atoms with Crippen LogP contribution in [-0.2, 0) is 13.1 Å². The van der Waals surface area contributed by atoms with Crippen LogP contribution in [0.5, 0.6) is 11.5 Å². The molecule has 0 aliphatic heterocycles. The van der Waals surface area contributed by atoms with Crippen LogP contribution in [0.3, 0.4) is 0 Å². The van der Waals surface area contributed by atoms with Gasteiger partial charge >= 0.3 is 0 Å². The van der Waals surface area contributed by atoms with E-state index in [4.69, 9.17) is 9.47 Å². The van der Waals surface area contributed by atoms with E-state index in [2.05, 4.69) is 36.5 Å². The highest BCUT2D eigenvalue weighted by molar-refractivity contribution is 5.85. The average molecular weight is 308 g/mol. The molecule has 3 nitrogen and oxygen atoms in total. The molecular formula is C17H22ClNO2. The van der Waals surface area contributed by atoms with Gasteiger partial charge in [-0.3, -0.25) is 0 Å². The van der Waals surface area contributed by atoms with Gasteiger partial charge in [-0.05, 0) is 18.6 Å². The Hall–Kier alpha value is -1.71. The zero-order valence-electron chi connectivity index (χ0n) is 12.7. The normalized spacial score (nSPS) is 9.86. The predicted molar refractivity (Wildman–Crippen MR) is 88.5 cm³/mol. The molecule has 2 aromatic carbocycles. The lowest BCUT2D eigenvalue weighted by Gasteiger charge is -2.13. The number of rotatable bonds is 6. The molecule has 0 atom stereocenters. The van der Waals surface area contributed by atoms with Crippen LogP contribution in [0.25, 0.3) is 0 Å². The van der Waals surface area contributed by atoms with Crippen molar-refractivity contribution in [2.24, 2.45) is 0 Å². The zero-order valence-corrected chi connectivity index (χ0v) is 13.5. The summed E-state index contributed by atoms with van der Waals surface area (Å²) < 4.78 is 10.7. The van der Waals surface area contributed by atoms with Crippen molar-refractivity contribution in [3.05, 3.63) is 59.2 Å². The maximum atomic E-state index is 5.42. The van der Waals surface area contributed by atoms with Gasteiger partial charge in [0, 0.05) is 18.7 Å². The fraction of sp³-hybridized carbons (Fsp3) is 0.294. The van der Waals surface area contributed by atoms with Crippen LogP contribution >= 0.6 is 12.4 Å². The van der Waals surface area contributed by atoms with Crippen LogP contribution in [-0.4, -0.2) is 14.2 Å². The van der Waals surface area contributed by atoms with E-state index < -0.39 is 0 Å². The van der Waals surface area contributed by atoms with E-state index in [1.54, 1.807) is 14.2 Å². The van der Waals surface area contributed by atoms with E-state index in [0.717, 1.165) is 30.2 Å². The monoisotopic (exact) mass is 307 g/mol. The minimum absolute atomic E-state index is 0. The molecule has 0 aliphatic carbocycles. The molecule has 0 fully saturated rings. The maximum absolute atomic E-state index is 5.42. The second-order valence-electron chi connectivity index (χ2n) is 4.74. The van der Waals surface area contributed by atoms with Crippen molar-refractivity contribution in [2.75, 3.05) is 14.2 Å². The molecule has 21 heavy (non-hydrogen) atoms. The predicted octanol–water partition coefficient (Wildman–Crippen LogP) is 3.72. The Kier molecular flexibility index (Phi) is 7.06. The molecule has 0 saturated heterocycles. The highest BCUT2D eigenvalue weighted by Crippen LogP contribution is 2.30. The van der Waals surface area contributed by atoms with E-state index in [-0.39, 0.29) is 12.4 Å². The zero-order chi connectivity index (χ0) is 14.4. The third-order valence-electron chi connectivity index (χ3n) is 3.25. The Morgan fingerprint density at radius 2 is 1.62 bits per heavy atom. The van der Waals surface area contributed by atoms with Crippen LogP contribution in [0, 0.1) is 6.92 Å². The molecule has 114 valence electrons. The second kappa shape index (κ2) is 8.55. The van der Waals surface area contributed by atoms with Crippen LogP contribution in [0.1, 0.15) is 16.7 Å². The van der Waals surface area contributed by atoms with Gasteiger partial charge in [0.2, 0.25) is 0 Å². The van der Waals surface area contributed by atoms with E-state index >= 15 is 0 Å². The van der Waals surface area contributed by atoms with Gasteiger partial charge < -0.3 is 14.8 Å². The quantitative estimate of drug-likeness (QED) is 0.882. The minimum Gasteiger partial charge on any atom is -0.493 e. The topological polar surface area (TPSA) is 30.5 Å². The Morgan fingerprint density at radius 1 is 0.905 bits per heavy atom. The summed E-state index contributed by atoms with van der Waals surface area (Å²) in [5.74, 6) is 1.56. The second-order valence-corrected chi connectivity index (χ2v) is 4.74. The summed E-state index contributed by atoms with van der Waals surface area (Å²) in [6, 6.07) is 14.5. The number of ether oxygens (including phenoxy) is 2. The van der Waals surface area contributed by atoms with Gasteiger partial charge in [-0.1, -0.05) is 42.0 Å². The van der Waals surface area contributed by atoms with Crippen molar-refractivity contribution >= 4 is 12.4 Å². The number of para-hydroxylation sites is 1. The summed E-state index contributed by atoms with van der Waals surface area (Å²) in [7, 11) is 3.32. The summed E-state index contributed by atoms with van der Waals surface area (Å²) in [6.07, 6.45) is 0. The van der Waals surface area contributed by atoms with Crippen LogP contribution in [0.2, 0.25) is 0 Å². The van der Waals surface area contributed by atoms with Crippen molar-refractivity contribution in [2.45, 2.75) is 20.0 Å². The minimum atomic E-state index is 0. The first-order valence-corrected chi connectivity index (χ1v) is 6.70.